The molecule has 0 spiro atoms. The summed E-state index contributed by atoms with van der Waals surface area (Å²) in [7, 11) is 0. The number of thiophene rings is 1. The number of benzene rings is 1. The molecule has 2 heterocycles. The highest BCUT2D eigenvalue weighted by atomic mass is 32.1. The first-order valence-electron chi connectivity index (χ1n) is 7.35. The second-order valence-corrected chi connectivity index (χ2v) is 6.47. The molecule has 1 saturated heterocycles. The standard InChI is InChI=1S/C17H18FNO2S/c18-14-5-3-13(4-6-14)12-16(20)19-17(7-9-21-10-8-17)15-2-1-11-22-15/h1-6,11H,7-10,12H2,(H,19,20). The zero-order chi connectivity index (χ0) is 15.4. The molecule has 0 unspecified atom stereocenters. The lowest BCUT2D eigenvalue weighted by atomic mass is 9.88. The Bertz CT molecular complexity index is 619. The highest BCUT2D eigenvalue weighted by Crippen LogP contribution is 2.35. The lowest BCUT2D eigenvalue weighted by Crippen LogP contribution is -2.49. The average Bonchev–Trinajstić information content (AvgIpc) is 3.05. The van der Waals surface area contributed by atoms with Crippen molar-refractivity contribution >= 4 is 17.2 Å². The first kappa shape index (κ1) is 15.2. The molecule has 1 fully saturated rings. The molecule has 3 nitrogen and oxygen atoms in total. The molecule has 0 atom stereocenters. The van der Waals surface area contributed by atoms with Gasteiger partial charge in [0.1, 0.15) is 5.82 Å². The van der Waals surface area contributed by atoms with Crippen molar-refractivity contribution in [2.45, 2.75) is 24.8 Å². The fourth-order valence-corrected chi connectivity index (χ4v) is 3.74. The number of nitrogens with one attached hydrogen (secondary N) is 1. The Morgan fingerprint density at radius 1 is 1.23 bits per heavy atom. The van der Waals surface area contributed by atoms with Gasteiger partial charge in [-0.15, -0.1) is 11.3 Å². The molecule has 0 bridgehead atoms. The zero-order valence-electron chi connectivity index (χ0n) is 12.2. The van der Waals surface area contributed by atoms with E-state index in [9.17, 15) is 9.18 Å². The van der Waals surface area contributed by atoms with Crippen LogP contribution in [0.3, 0.4) is 0 Å². The number of halogens is 1. The van der Waals surface area contributed by atoms with Crippen molar-refractivity contribution in [1.82, 2.24) is 5.32 Å². The SMILES string of the molecule is O=C(Cc1ccc(F)cc1)NC1(c2cccs2)CCOCC1. The summed E-state index contributed by atoms with van der Waals surface area (Å²) in [5, 5.41) is 5.22. The number of amides is 1. The molecule has 3 rings (SSSR count). The first-order valence-corrected chi connectivity index (χ1v) is 8.23. The van der Waals surface area contributed by atoms with Gasteiger partial charge in [-0.25, -0.2) is 4.39 Å². The van der Waals surface area contributed by atoms with Crippen LogP contribution in [0.5, 0.6) is 0 Å². The lowest BCUT2D eigenvalue weighted by Gasteiger charge is -2.37. The largest absolute Gasteiger partial charge is 0.381 e. The molecular formula is C17H18FNO2S. The summed E-state index contributed by atoms with van der Waals surface area (Å²) >= 11 is 1.66. The fourth-order valence-electron chi connectivity index (χ4n) is 2.80. The Hall–Kier alpha value is -1.72. The maximum atomic E-state index is 12.9. The van der Waals surface area contributed by atoms with E-state index in [2.05, 4.69) is 11.4 Å². The smallest absolute Gasteiger partial charge is 0.225 e. The minimum Gasteiger partial charge on any atom is -0.381 e. The van der Waals surface area contributed by atoms with Gasteiger partial charge in [0.15, 0.2) is 0 Å². The van der Waals surface area contributed by atoms with Gasteiger partial charge >= 0.3 is 0 Å². The van der Waals surface area contributed by atoms with Gasteiger partial charge in [0.25, 0.3) is 0 Å². The summed E-state index contributed by atoms with van der Waals surface area (Å²) in [5.41, 5.74) is 0.482. The molecular weight excluding hydrogens is 301 g/mol. The molecule has 1 N–H and O–H groups in total. The molecule has 0 radical (unpaired) electrons. The van der Waals surface area contributed by atoms with Crippen molar-refractivity contribution in [1.29, 1.82) is 0 Å². The van der Waals surface area contributed by atoms with E-state index in [0.717, 1.165) is 18.4 Å². The summed E-state index contributed by atoms with van der Waals surface area (Å²) in [6.07, 6.45) is 1.82. The van der Waals surface area contributed by atoms with Gasteiger partial charge in [0.2, 0.25) is 5.91 Å². The minimum atomic E-state index is -0.330. The van der Waals surface area contributed by atoms with Crippen LogP contribution in [0.1, 0.15) is 23.3 Å². The maximum Gasteiger partial charge on any atom is 0.225 e. The Kier molecular flexibility index (Phi) is 4.55. The van der Waals surface area contributed by atoms with Crippen LogP contribution >= 0.6 is 11.3 Å². The third-order valence-electron chi connectivity index (χ3n) is 4.00. The van der Waals surface area contributed by atoms with Crippen molar-refractivity contribution in [2.24, 2.45) is 0 Å². The average molecular weight is 319 g/mol. The van der Waals surface area contributed by atoms with Crippen molar-refractivity contribution in [3.05, 3.63) is 58.0 Å². The number of carbonyl (C=O) groups is 1. The molecule has 116 valence electrons. The Morgan fingerprint density at radius 3 is 2.59 bits per heavy atom. The van der Waals surface area contributed by atoms with Crippen LogP contribution in [-0.4, -0.2) is 19.1 Å². The second-order valence-electron chi connectivity index (χ2n) is 5.52. The van der Waals surface area contributed by atoms with Crippen LogP contribution in [0.4, 0.5) is 4.39 Å². The van der Waals surface area contributed by atoms with Gasteiger partial charge in [-0.2, -0.15) is 0 Å². The van der Waals surface area contributed by atoms with Crippen LogP contribution in [0, 0.1) is 5.82 Å². The predicted octanol–water partition coefficient (Wildman–Crippen LogP) is 3.25. The van der Waals surface area contributed by atoms with E-state index in [1.54, 1.807) is 23.5 Å². The molecule has 5 heteroatoms. The van der Waals surface area contributed by atoms with Crippen molar-refractivity contribution < 1.29 is 13.9 Å². The normalized spacial score (nSPS) is 17.1. The summed E-state index contributed by atoms with van der Waals surface area (Å²) in [6, 6.07) is 10.1. The number of hydrogen-bond donors (Lipinski definition) is 1. The van der Waals surface area contributed by atoms with E-state index >= 15 is 0 Å². The summed E-state index contributed by atoms with van der Waals surface area (Å²) in [4.78, 5) is 13.6. The Morgan fingerprint density at radius 2 is 1.95 bits per heavy atom. The van der Waals surface area contributed by atoms with Gasteiger partial charge in [0.05, 0.1) is 12.0 Å². The van der Waals surface area contributed by atoms with E-state index < -0.39 is 0 Å². The topological polar surface area (TPSA) is 38.3 Å². The van der Waals surface area contributed by atoms with Gasteiger partial charge in [-0.1, -0.05) is 18.2 Å². The van der Waals surface area contributed by atoms with Crippen molar-refractivity contribution in [2.75, 3.05) is 13.2 Å². The predicted molar refractivity (Wildman–Crippen MR) is 84.3 cm³/mol. The van der Waals surface area contributed by atoms with Gasteiger partial charge in [0, 0.05) is 18.1 Å². The number of ether oxygens (including phenoxy) is 1. The zero-order valence-corrected chi connectivity index (χ0v) is 13.0. The van der Waals surface area contributed by atoms with E-state index in [-0.39, 0.29) is 23.7 Å². The lowest BCUT2D eigenvalue weighted by molar-refractivity contribution is -0.123. The molecule has 2 aromatic rings. The van der Waals surface area contributed by atoms with Gasteiger partial charge in [-0.05, 0) is 42.0 Å². The highest BCUT2D eigenvalue weighted by molar-refractivity contribution is 7.10. The molecule has 1 amide bonds. The third-order valence-corrected chi connectivity index (χ3v) is 5.07. The Labute approximate surface area is 133 Å². The second kappa shape index (κ2) is 6.58. The van der Waals surface area contributed by atoms with Gasteiger partial charge < -0.3 is 10.1 Å². The number of hydrogen-bond acceptors (Lipinski definition) is 3. The minimum absolute atomic E-state index is 0.0399. The van der Waals surface area contributed by atoms with E-state index in [0.29, 0.717) is 13.2 Å². The monoisotopic (exact) mass is 319 g/mol. The summed E-state index contributed by atoms with van der Waals surface area (Å²) < 4.78 is 18.4. The van der Waals surface area contributed by atoms with Crippen molar-refractivity contribution in [3.8, 4) is 0 Å². The molecule has 0 saturated carbocycles. The molecule has 0 aliphatic carbocycles. The van der Waals surface area contributed by atoms with Crippen LogP contribution in [0.15, 0.2) is 41.8 Å². The fraction of sp³-hybridized carbons (Fsp3) is 0.353. The van der Waals surface area contributed by atoms with E-state index in [1.807, 2.05) is 11.4 Å². The molecule has 1 aliphatic rings. The van der Waals surface area contributed by atoms with E-state index in [1.165, 1.54) is 17.0 Å². The number of rotatable bonds is 4. The molecule has 1 aromatic carbocycles. The molecule has 1 aliphatic heterocycles. The maximum absolute atomic E-state index is 12.9. The first-order chi connectivity index (χ1) is 10.7. The highest BCUT2D eigenvalue weighted by Gasteiger charge is 2.36. The van der Waals surface area contributed by atoms with Gasteiger partial charge in [-0.3, -0.25) is 4.79 Å². The van der Waals surface area contributed by atoms with Crippen LogP contribution < -0.4 is 5.32 Å². The quantitative estimate of drug-likeness (QED) is 0.939. The van der Waals surface area contributed by atoms with Crippen LogP contribution in [0.2, 0.25) is 0 Å². The van der Waals surface area contributed by atoms with Crippen LogP contribution in [0.25, 0.3) is 0 Å². The molecule has 1 aromatic heterocycles. The third kappa shape index (κ3) is 3.36. The number of carbonyl (C=O) groups excluding carboxylic acids is 1. The van der Waals surface area contributed by atoms with Crippen molar-refractivity contribution in [3.63, 3.8) is 0 Å². The van der Waals surface area contributed by atoms with Crippen LogP contribution in [-0.2, 0) is 21.5 Å². The molecule has 22 heavy (non-hydrogen) atoms. The summed E-state index contributed by atoms with van der Waals surface area (Å²) in [5.74, 6) is -0.328. The Balaban J connectivity index is 1.73. The van der Waals surface area contributed by atoms with E-state index in [4.69, 9.17) is 4.74 Å². The summed E-state index contributed by atoms with van der Waals surface area (Å²) in [6.45, 7) is 1.30.